The van der Waals surface area contributed by atoms with Crippen LogP contribution in [0.15, 0.2) is 0 Å². The van der Waals surface area contributed by atoms with E-state index < -0.39 is 0 Å². The zero-order valence-electron chi connectivity index (χ0n) is 23.9. The van der Waals surface area contributed by atoms with Crippen LogP contribution in [0.1, 0.15) is 134 Å². The van der Waals surface area contributed by atoms with Crippen molar-refractivity contribution in [3.8, 4) is 0 Å². The molecule has 2 aliphatic heterocycles. The van der Waals surface area contributed by atoms with Crippen molar-refractivity contribution in [1.82, 2.24) is 0 Å². The van der Waals surface area contributed by atoms with Crippen LogP contribution in [-0.2, 0) is 9.47 Å². The van der Waals surface area contributed by atoms with E-state index in [1.807, 2.05) is 0 Å². The Morgan fingerprint density at radius 3 is 0.727 bits per heavy atom. The lowest BCUT2D eigenvalue weighted by Crippen LogP contribution is -2.21. The fourth-order valence-electron chi connectivity index (χ4n) is 4.88. The van der Waals surface area contributed by atoms with Crippen LogP contribution in [0.4, 0.5) is 0 Å². The third-order valence-corrected chi connectivity index (χ3v) is 8.07. The molecule has 197 valence electrons. The lowest BCUT2D eigenvalue weighted by atomic mass is 9.84. The molecule has 3 radical (unpaired) electrons. The molecular formula is C30H62BO2. The minimum atomic E-state index is 0. The Balaban J connectivity index is 0. The average Bonchev–Trinajstić information content (AvgIpc) is 2.78. The summed E-state index contributed by atoms with van der Waals surface area (Å²) in [6, 6.07) is 0. The van der Waals surface area contributed by atoms with Crippen molar-refractivity contribution in [3.05, 3.63) is 0 Å². The molecule has 33 heavy (non-hydrogen) atoms. The molecule has 2 heterocycles. The van der Waals surface area contributed by atoms with Crippen molar-refractivity contribution in [2.45, 2.75) is 145 Å². The van der Waals surface area contributed by atoms with E-state index in [4.69, 9.17) is 9.47 Å². The van der Waals surface area contributed by atoms with Crippen LogP contribution in [0.5, 0.6) is 0 Å². The quantitative estimate of drug-likeness (QED) is 0.332. The van der Waals surface area contributed by atoms with E-state index in [0.717, 1.165) is 48.7 Å². The van der Waals surface area contributed by atoms with Gasteiger partial charge in [-0.2, -0.15) is 0 Å². The minimum Gasteiger partial charge on any atom is -0.378 e. The van der Waals surface area contributed by atoms with Crippen molar-refractivity contribution in [3.63, 3.8) is 0 Å². The predicted octanol–water partition coefficient (Wildman–Crippen LogP) is 9.17. The van der Waals surface area contributed by atoms with Gasteiger partial charge in [-0.15, -0.1) is 0 Å². The van der Waals surface area contributed by atoms with Crippen molar-refractivity contribution in [2.24, 2.45) is 35.5 Å². The van der Waals surface area contributed by atoms with Gasteiger partial charge in [0.2, 0.25) is 0 Å². The fraction of sp³-hybridized carbons (Fsp3) is 1.00. The molecule has 2 nitrogen and oxygen atoms in total. The largest absolute Gasteiger partial charge is 0.378 e. The Hall–Kier alpha value is -0.0151. The maximum absolute atomic E-state index is 5.39. The van der Waals surface area contributed by atoms with Crippen LogP contribution in [-0.4, -0.2) is 33.8 Å². The Kier molecular flexibility index (Phi) is 19.2. The number of ether oxygens (including phenoxy) is 2. The summed E-state index contributed by atoms with van der Waals surface area (Å²) in [5.74, 6) is 5.67. The third-order valence-electron chi connectivity index (χ3n) is 8.07. The maximum atomic E-state index is 5.39. The molecule has 2 saturated carbocycles. The maximum Gasteiger partial charge on any atom is 0.0547 e. The van der Waals surface area contributed by atoms with Gasteiger partial charge in [0.05, 0.1) is 12.2 Å². The summed E-state index contributed by atoms with van der Waals surface area (Å²) in [7, 11) is 0. The number of hydrogen-bond donors (Lipinski definition) is 0. The van der Waals surface area contributed by atoms with Gasteiger partial charge < -0.3 is 9.47 Å². The summed E-state index contributed by atoms with van der Waals surface area (Å²) < 4.78 is 10.8. The molecule has 4 unspecified atom stereocenters. The first kappa shape index (κ1) is 33.0. The standard InChI is InChI=1S/2C8H16.2C7H14O.B.H2/c2*1-7-3-5-8(2)6-4-7;2*1-6-3-4-7(2)8-5-6;;/h2*7-8H,3-6H2,1-2H3;2*6-7H,3-5H2,1-2H3;;1H. The molecule has 2 saturated heterocycles. The van der Waals surface area contributed by atoms with Crippen LogP contribution in [0.2, 0.25) is 0 Å². The second-order valence-electron chi connectivity index (χ2n) is 12.4. The molecular weight excluding hydrogens is 403 g/mol. The molecule has 4 fully saturated rings. The first-order valence-corrected chi connectivity index (χ1v) is 14.4. The van der Waals surface area contributed by atoms with E-state index in [-0.39, 0.29) is 9.84 Å². The van der Waals surface area contributed by atoms with Gasteiger partial charge in [-0.05, 0) is 75.0 Å². The molecule has 0 aromatic rings. The van der Waals surface area contributed by atoms with Crippen molar-refractivity contribution in [2.75, 3.05) is 13.2 Å². The van der Waals surface area contributed by atoms with Crippen molar-refractivity contribution >= 4 is 8.41 Å². The summed E-state index contributed by atoms with van der Waals surface area (Å²) in [4.78, 5) is 0. The van der Waals surface area contributed by atoms with E-state index in [9.17, 15) is 0 Å². The summed E-state index contributed by atoms with van der Waals surface area (Å²) in [6.45, 7) is 20.2. The van der Waals surface area contributed by atoms with Gasteiger partial charge in [-0.1, -0.05) is 92.9 Å². The number of rotatable bonds is 0. The van der Waals surface area contributed by atoms with Gasteiger partial charge in [0.15, 0.2) is 0 Å². The Morgan fingerprint density at radius 2 is 0.576 bits per heavy atom. The zero-order valence-corrected chi connectivity index (χ0v) is 23.9. The van der Waals surface area contributed by atoms with E-state index in [0.29, 0.717) is 12.2 Å². The second-order valence-corrected chi connectivity index (χ2v) is 12.4. The first-order valence-electron chi connectivity index (χ1n) is 14.4. The van der Waals surface area contributed by atoms with Gasteiger partial charge in [0.25, 0.3) is 0 Å². The SMILES string of the molecule is CC1CCC(C)CC1.CC1CCC(C)CC1.CC1CCC(C)OC1.CC1CCC(C)OC1.[B].[HH]. The molecule has 0 spiro atoms. The van der Waals surface area contributed by atoms with Crippen molar-refractivity contribution < 1.29 is 10.9 Å². The molecule has 4 rings (SSSR count). The smallest absolute Gasteiger partial charge is 0.0547 e. The van der Waals surface area contributed by atoms with E-state index in [2.05, 4.69) is 55.4 Å². The molecule has 4 aliphatic rings. The highest BCUT2D eigenvalue weighted by molar-refractivity contribution is 5.75. The molecule has 3 heteroatoms. The lowest BCUT2D eigenvalue weighted by molar-refractivity contribution is 0.000174. The molecule has 0 aromatic heterocycles. The van der Waals surface area contributed by atoms with Crippen LogP contribution in [0, 0.1) is 35.5 Å². The van der Waals surface area contributed by atoms with Crippen LogP contribution < -0.4 is 0 Å². The predicted molar refractivity (Wildman–Crippen MR) is 149 cm³/mol. The Bertz CT molecular complexity index is 298. The van der Waals surface area contributed by atoms with Gasteiger partial charge in [-0.25, -0.2) is 0 Å². The summed E-state index contributed by atoms with van der Waals surface area (Å²) in [5.41, 5.74) is 0. The Labute approximate surface area is 212 Å². The molecule has 0 amide bonds. The van der Waals surface area contributed by atoms with E-state index >= 15 is 0 Å². The van der Waals surface area contributed by atoms with E-state index in [1.165, 1.54) is 77.0 Å². The summed E-state index contributed by atoms with van der Waals surface area (Å²) in [6.07, 6.45) is 18.0. The van der Waals surface area contributed by atoms with E-state index in [1.54, 1.807) is 0 Å². The van der Waals surface area contributed by atoms with Crippen molar-refractivity contribution in [1.29, 1.82) is 0 Å². The summed E-state index contributed by atoms with van der Waals surface area (Å²) >= 11 is 0. The molecule has 0 aromatic carbocycles. The molecule has 0 bridgehead atoms. The highest BCUT2D eigenvalue weighted by atomic mass is 16.5. The monoisotopic (exact) mass is 465 g/mol. The fourth-order valence-corrected chi connectivity index (χ4v) is 4.88. The lowest BCUT2D eigenvalue weighted by Gasteiger charge is -2.23. The highest BCUT2D eigenvalue weighted by Crippen LogP contribution is 2.28. The third kappa shape index (κ3) is 18.0. The molecule has 4 atom stereocenters. The van der Waals surface area contributed by atoms with Crippen LogP contribution >= 0.6 is 0 Å². The zero-order chi connectivity index (χ0) is 23.9. The Morgan fingerprint density at radius 1 is 0.364 bits per heavy atom. The van der Waals surface area contributed by atoms with Crippen LogP contribution in [0.3, 0.4) is 0 Å². The van der Waals surface area contributed by atoms with Gasteiger partial charge in [0, 0.05) is 23.1 Å². The van der Waals surface area contributed by atoms with Gasteiger partial charge in [-0.3, -0.25) is 0 Å². The summed E-state index contributed by atoms with van der Waals surface area (Å²) in [5, 5.41) is 0. The highest BCUT2D eigenvalue weighted by Gasteiger charge is 2.15. The van der Waals surface area contributed by atoms with Crippen LogP contribution in [0.25, 0.3) is 0 Å². The first-order chi connectivity index (χ1) is 15.2. The molecule has 2 aliphatic carbocycles. The molecule has 0 N–H and O–H groups in total. The van der Waals surface area contributed by atoms with Gasteiger partial charge >= 0.3 is 0 Å². The van der Waals surface area contributed by atoms with Gasteiger partial charge in [0.1, 0.15) is 0 Å². The number of hydrogen-bond acceptors (Lipinski definition) is 2. The average molecular weight is 466 g/mol. The minimum absolute atomic E-state index is 0. The second kappa shape index (κ2) is 19.2. The topological polar surface area (TPSA) is 18.5 Å². The normalized spacial score (nSPS) is 38.5.